The van der Waals surface area contributed by atoms with Crippen LogP contribution in [0.2, 0.25) is 0 Å². The van der Waals surface area contributed by atoms with Gasteiger partial charge in [0, 0.05) is 0 Å². The second-order valence-corrected chi connectivity index (χ2v) is 1.85. The first kappa shape index (κ1) is 9.86. The maximum Gasteiger partial charge on any atom is 0.321 e. The molecule has 0 radical (unpaired) electrons. The normalized spacial score (nSPS) is 12.5. The van der Waals surface area contributed by atoms with Crippen molar-refractivity contribution in [3.05, 3.63) is 0 Å². The summed E-state index contributed by atoms with van der Waals surface area (Å²) in [4.78, 5) is 20.2. The van der Waals surface area contributed by atoms with Crippen molar-refractivity contribution >= 4 is 11.9 Å². The van der Waals surface area contributed by atoms with Crippen LogP contribution in [0.1, 0.15) is 6.42 Å². The topological polar surface area (TPSA) is 107 Å². The Morgan fingerprint density at radius 2 is 1.91 bits per heavy atom. The van der Waals surface area contributed by atoms with Crippen LogP contribution in [0.3, 0.4) is 0 Å². The Kier molecular flexibility index (Phi) is 4.16. The number of hydrogen-bond donors (Lipinski definition) is 4. The summed E-state index contributed by atoms with van der Waals surface area (Å²) < 4.78 is 0. The van der Waals surface area contributed by atoms with E-state index in [9.17, 15) is 9.59 Å². The summed E-state index contributed by atoms with van der Waals surface area (Å²) in [6, 6.07) is -1.22. The molecule has 0 aliphatic heterocycles. The van der Waals surface area contributed by atoms with Gasteiger partial charge in [0.25, 0.3) is 0 Å². The summed E-state index contributed by atoms with van der Waals surface area (Å²) in [5.74, 6) is -2.51. The van der Waals surface area contributed by atoms with E-state index in [-0.39, 0.29) is 0 Å². The molecule has 0 saturated carbocycles. The molecular weight excluding hydrogens is 154 g/mol. The van der Waals surface area contributed by atoms with E-state index in [0.717, 1.165) is 0 Å². The number of carboxylic acid groups (broad SMARTS) is 2. The van der Waals surface area contributed by atoms with Gasteiger partial charge >= 0.3 is 11.9 Å². The minimum Gasteiger partial charge on any atom is -0.481 e. The number of aliphatic hydroxyl groups is 1. The summed E-state index contributed by atoms with van der Waals surface area (Å²) >= 11 is 0. The lowest BCUT2D eigenvalue weighted by Gasteiger charge is -2.08. The Morgan fingerprint density at radius 1 is 1.36 bits per heavy atom. The molecule has 0 aliphatic carbocycles. The molecule has 6 nitrogen and oxygen atoms in total. The molecule has 0 rings (SSSR count). The highest BCUT2D eigenvalue weighted by atomic mass is 16.4. The van der Waals surface area contributed by atoms with Crippen LogP contribution in [0, 0.1) is 0 Å². The zero-order valence-corrected chi connectivity index (χ0v) is 5.65. The van der Waals surface area contributed by atoms with E-state index in [2.05, 4.69) is 5.32 Å². The van der Waals surface area contributed by atoms with Crippen LogP contribution in [0.4, 0.5) is 0 Å². The highest BCUT2D eigenvalue weighted by Gasteiger charge is 2.19. The first-order valence-electron chi connectivity index (χ1n) is 2.86. The monoisotopic (exact) mass is 163 g/mol. The Bertz CT molecular complexity index is 157. The molecule has 1 unspecified atom stereocenters. The molecule has 0 fully saturated rings. The third-order valence-electron chi connectivity index (χ3n) is 1.01. The third-order valence-corrected chi connectivity index (χ3v) is 1.01. The fourth-order valence-corrected chi connectivity index (χ4v) is 0.532. The molecule has 0 amide bonds. The largest absolute Gasteiger partial charge is 0.481 e. The van der Waals surface area contributed by atoms with Crippen molar-refractivity contribution in [1.82, 2.24) is 5.32 Å². The minimum absolute atomic E-state index is 0.546. The van der Waals surface area contributed by atoms with Crippen molar-refractivity contribution in [2.45, 2.75) is 12.5 Å². The first-order valence-corrected chi connectivity index (χ1v) is 2.86. The number of aliphatic hydroxyl groups excluding tert-OH is 1. The van der Waals surface area contributed by atoms with Gasteiger partial charge in [-0.05, 0) is 0 Å². The van der Waals surface area contributed by atoms with E-state index in [1.165, 1.54) is 0 Å². The molecule has 0 spiro atoms. The van der Waals surface area contributed by atoms with Crippen LogP contribution < -0.4 is 5.32 Å². The van der Waals surface area contributed by atoms with Crippen LogP contribution in [0.25, 0.3) is 0 Å². The second-order valence-electron chi connectivity index (χ2n) is 1.85. The van der Waals surface area contributed by atoms with Gasteiger partial charge in [0.1, 0.15) is 6.04 Å². The molecule has 4 N–H and O–H groups in total. The molecular formula is C5H9NO5. The average Bonchev–Trinajstić information content (AvgIpc) is 1.86. The molecule has 0 bridgehead atoms. The van der Waals surface area contributed by atoms with Crippen molar-refractivity contribution < 1.29 is 24.9 Å². The van der Waals surface area contributed by atoms with Crippen LogP contribution in [0.15, 0.2) is 0 Å². The van der Waals surface area contributed by atoms with Crippen molar-refractivity contribution in [1.29, 1.82) is 0 Å². The van der Waals surface area contributed by atoms with Crippen molar-refractivity contribution in [3.63, 3.8) is 0 Å². The molecule has 11 heavy (non-hydrogen) atoms. The summed E-state index contributed by atoms with van der Waals surface area (Å²) in [7, 11) is 0. The molecule has 6 heteroatoms. The summed E-state index contributed by atoms with van der Waals surface area (Å²) in [6.45, 7) is -0.551. The van der Waals surface area contributed by atoms with Crippen LogP contribution in [-0.4, -0.2) is 40.0 Å². The number of rotatable bonds is 5. The van der Waals surface area contributed by atoms with Crippen LogP contribution >= 0.6 is 0 Å². The lowest BCUT2D eigenvalue weighted by molar-refractivity contribution is -0.146. The molecule has 1 atom stereocenters. The van der Waals surface area contributed by atoms with Crippen LogP contribution in [-0.2, 0) is 9.59 Å². The van der Waals surface area contributed by atoms with Gasteiger partial charge < -0.3 is 15.3 Å². The molecule has 64 valence electrons. The fourth-order valence-electron chi connectivity index (χ4n) is 0.532. The van der Waals surface area contributed by atoms with E-state index in [0.29, 0.717) is 0 Å². The number of hydrogen-bond acceptors (Lipinski definition) is 4. The average molecular weight is 163 g/mol. The summed E-state index contributed by atoms with van der Waals surface area (Å²) in [5.41, 5.74) is 0. The van der Waals surface area contributed by atoms with Crippen molar-refractivity contribution in [2.24, 2.45) is 0 Å². The quantitative estimate of drug-likeness (QED) is 0.366. The SMILES string of the molecule is O=C(O)CC(NCO)C(=O)O. The Morgan fingerprint density at radius 3 is 2.18 bits per heavy atom. The van der Waals surface area contributed by atoms with Gasteiger partial charge in [0.15, 0.2) is 0 Å². The molecule has 0 aromatic heterocycles. The number of aliphatic carboxylic acids is 2. The highest BCUT2D eigenvalue weighted by Crippen LogP contribution is 1.90. The molecule has 0 aliphatic rings. The Labute approximate surface area is 62.5 Å². The van der Waals surface area contributed by atoms with E-state index < -0.39 is 31.1 Å². The maximum atomic E-state index is 10.2. The van der Waals surface area contributed by atoms with Crippen LogP contribution in [0.5, 0.6) is 0 Å². The highest BCUT2D eigenvalue weighted by molar-refractivity contribution is 5.80. The Hall–Kier alpha value is -1.14. The fraction of sp³-hybridized carbons (Fsp3) is 0.600. The molecule has 0 aromatic carbocycles. The van der Waals surface area contributed by atoms with E-state index in [1.54, 1.807) is 0 Å². The maximum absolute atomic E-state index is 10.2. The van der Waals surface area contributed by atoms with Gasteiger partial charge in [-0.3, -0.25) is 14.9 Å². The lowest BCUT2D eigenvalue weighted by atomic mass is 10.2. The van der Waals surface area contributed by atoms with E-state index in [4.69, 9.17) is 15.3 Å². The van der Waals surface area contributed by atoms with E-state index >= 15 is 0 Å². The lowest BCUT2D eigenvalue weighted by Crippen LogP contribution is -2.38. The van der Waals surface area contributed by atoms with Crippen molar-refractivity contribution in [2.75, 3.05) is 6.73 Å². The molecule has 0 heterocycles. The van der Waals surface area contributed by atoms with Gasteiger partial charge in [0.2, 0.25) is 0 Å². The van der Waals surface area contributed by atoms with E-state index in [1.807, 2.05) is 0 Å². The smallest absolute Gasteiger partial charge is 0.321 e. The zero-order chi connectivity index (χ0) is 8.85. The zero-order valence-electron chi connectivity index (χ0n) is 5.65. The molecule has 0 aromatic rings. The van der Waals surface area contributed by atoms with Gasteiger partial charge in [0.05, 0.1) is 13.2 Å². The first-order chi connectivity index (χ1) is 5.07. The minimum atomic E-state index is -1.29. The standard InChI is InChI=1S/C5H9NO5/c7-2-6-3(5(10)11)1-4(8)9/h3,6-7H,1-2H2,(H,8,9)(H,10,11). The van der Waals surface area contributed by atoms with Gasteiger partial charge in [-0.15, -0.1) is 0 Å². The third kappa shape index (κ3) is 4.29. The van der Waals surface area contributed by atoms with Gasteiger partial charge in [-0.2, -0.15) is 0 Å². The predicted molar refractivity (Wildman–Crippen MR) is 33.9 cm³/mol. The summed E-state index contributed by atoms with van der Waals surface area (Å²) in [6.07, 6.45) is -0.546. The summed E-state index contributed by atoms with van der Waals surface area (Å²) in [5, 5.41) is 26.8. The van der Waals surface area contributed by atoms with Gasteiger partial charge in [-0.1, -0.05) is 0 Å². The number of carbonyl (C=O) groups is 2. The Balaban J connectivity index is 3.89. The van der Waals surface area contributed by atoms with Crippen molar-refractivity contribution in [3.8, 4) is 0 Å². The van der Waals surface area contributed by atoms with Gasteiger partial charge in [-0.25, -0.2) is 0 Å². The number of carboxylic acids is 2. The predicted octanol–water partition coefficient (Wildman–Crippen LogP) is -1.55. The molecule has 0 saturated heterocycles. The number of nitrogens with one attached hydrogen (secondary N) is 1. The second kappa shape index (κ2) is 4.64.